The quantitative estimate of drug-likeness (QED) is 0.0310. The molecule has 0 spiro atoms. The Bertz CT molecular complexity index is 2850. The Hall–Kier alpha value is -3.96. The van der Waals surface area contributed by atoms with Crippen LogP contribution in [0.3, 0.4) is 0 Å². The van der Waals surface area contributed by atoms with Gasteiger partial charge in [-0.1, -0.05) is 144 Å². The van der Waals surface area contributed by atoms with Gasteiger partial charge in [-0.3, -0.25) is 9.11 Å². The van der Waals surface area contributed by atoms with Crippen LogP contribution in [-0.2, 0) is 20.2 Å². The van der Waals surface area contributed by atoms with Gasteiger partial charge in [0.15, 0.2) is 0 Å². The van der Waals surface area contributed by atoms with E-state index in [-0.39, 0.29) is 93.5 Å². The van der Waals surface area contributed by atoms with Crippen LogP contribution < -0.4 is 10.6 Å². The molecule has 0 aliphatic heterocycles. The molecule has 0 saturated carbocycles. The molecule has 8 rings (SSSR count). The number of nitrogens with zero attached hydrogens (tertiary/aromatic N) is 4. The van der Waals surface area contributed by atoms with E-state index in [0.29, 0.717) is 20.1 Å². The van der Waals surface area contributed by atoms with Crippen LogP contribution >= 0.6 is 47.0 Å². The van der Waals surface area contributed by atoms with Gasteiger partial charge in [-0.05, 0) is 83.9 Å². The fourth-order valence-electron chi connectivity index (χ4n) is 5.95. The third kappa shape index (κ3) is 14.8. The molecule has 0 bridgehead atoms. The molecule has 0 aliphatic carbocycles. The number of nitrogens with one attached hydrogen (secondary N) is 2. The second-order valence-corrected chi connectivity index (χ2v) is 20.6. The number of aromatic nitrogens is 4. The molecule has 20 heteroatoms. The summed E-state index contributed by atoms with van der Waals surface area (Å²) >= 11 is 5.74. The molecule has 2 heterocycles. The molecule has 0 unspecified atom stereocenters. The van der Waals surface area contributed by atoms with Gasteiger partial charge < -0.3 is 10.6 Å². The summed E-state index contributed by atoms with van der Waals surface area (Å²) in [5.74, 6) is 0.377. The number of anilines is 4. The summed E-state index contributed by atoms with van der Waals surface area (Å²) in [5.41, 5.74) is 0.594. The van der Waals surface area contributed by atoms with Crippen molar-refractivity contribution in [1.82, 2.24) is 19.9 Å². The van der Waals surface area contributed by atoms with Gasteiger partial charge in [-0.15, -0.1) is 0 Å². The van der Waals surface area contributed by atoms with Crippen molar-refractivity contribution in [3.05, 3.63) is 181 Å². The number of benzene rings is 6. The molecular weight excluding hydrogens is 971 g/mol. The molecule has 66 heavy (non-hydrogen) atoms. The van der Waals surface area contributed by atoms with Crippen LogP contribution in [0.5, 0.6) is 0 Å². The Morgan fingerprint density at radius 1 is 0.394 bits per heavy atom. The Morgan fingerprint density at radius 2 is 0.667 bits per heavy atom. The second-order valence-electron chi connectivity index (χ2n) is 13.4. The first-order chi connectivity index (χ1) is 30.9. The van der Waals surface area contributed by atoms with Gasteiger partial charge in [0.2, 0.25) is 11.9 Å². The molecule has 0 saturated heterocycles. The van der Waals surface area contributed by atoms with Gasteiger partial charge in [0.05, 0.1) is 0 Å². The summed E-state index contributed by atoms with van der Waals surface area (Å²) in [6.45, 7) is 0. The molecule has 0 radical (unpaired) electrons. The van der Waals surface area contributed by atoms with E-state index in [2.05, 4.69) is 30.6 Å². The zero-order valence-electron chi connectivity index (χ0n) is 33.1. The molecule has 6 aromatic carbocycles. The van der Waals surface area contributed by atoms with Crippen molar-refractivity contribution in [3.8, 4) is 0 Å². The van der Waals surface area contributed by atoms with Gasteiger partial charge in [0.1, 0.15) is 29.9 Å². The van der Waals surface area contributed by atoms with E-state index in [9.17, 15) is 25.9 Å². The summed E-state index contributed by atoms with van der Waals surface area (Å²) in [4.78, 5) is 21.6. The van der Waals surface area contributed by atoms with Crippen LogP contribution in [0.2, 0.25) is 0 Å². The van der Waals surface area contributed by atoms with Crippen LogP contribution in [0.4, 0.5) is 23.3 Å². The first-order valence-corrected chi connectivity index (χ1v) is 25.2. The molecule has 0 amide bonds. The van der Waals surface area contributed by atoms with E-state index in [1.54, 1.807) is 12.1 Å². The third-order valence-electron chi connectivity index (χ3n) is 8.76. The third-order valence-corrected chi connectivity index (χ3v) is 14.3. The summed E-state index contributed by atoms with van der Waals surface area (Å²) in [5, 5.41) is 8.71. The molecule has 0 aliphatic rings. The zero-order chi connectivity index (χ0) is 44.5. The van der Waals surface area contributed by atoms with E-state index in [0.717, 1.165) is 19.6 Å². The van der Waals surface area contributed by atoms with Gasteiger partial charge in [-0.25, -0.2) is 19.9 Å². The Morgan fingerprint density at radius 3 is 0.924 bits per heavy atom. The standard InChI is InChI=1S/C46H34N6O6S6.2Na.2H/c53-63(54,55)39-27-33(47-45-49-41(59-35-13-5-1-6-14-35)29-42(50-45)60-36-15-7-2-8-16-36)25-23-31(39)21-22-32-24-26-34(28-40(32)64(56,57)58)48-46-51-43(61-37-17-9-3-10-18-37)30-44(52-46)62-38-19-11-4-12-20-38;;;;/h1-30H,(H,47,49,50)(H,48,51,52)(H,53,54,55)(H,56,57,58);;;;/b22-21+;;;;. The van der Waals surface area contributed by atoms with Gasteiger partial charge in [-0.2, -0.15) is 16.8 Å². The Balaban J connectivity index is 0.00000360. The van der Waals surface area contributed by atoms with E-state index >= 15 is 0 Å². The Kier molecular flexibility index (Phi) is 18.6. The van der Waals surface area contributed by atoms with Crippen molar-refractivity contribution in [1.29, 1.82) is 0 Å². The molecule has 8 aromatic rings. The van der Waals surface area contributed by atoms with E-state index in [4.69, 9.17) is 0 Å². The Labute approximate surface area is 443 Å². The molecular formula is C46H36N6Na2O6S6. The van der Waals surface area contributed by atoms with Crippen molar-refractivity contribution < 1.29 is 25.9 Å². The molecule has 0 atom stereocenters. The average Bonchev–Trinajstić information content (AvgIpc) is 3.27. The van der Waals surface area contributed by atoms with E-state index < -0.39 is 30.0 Å². The van der Waals surface area contributed by atoms with Gasteiger partial charge in [0.25, 0.3) is 20.2 Å². The summed E-state index contributed by atoms with van der Waals surface area (Å²) < 4.78 is 71.8. The minimum absolute atomic E-state index is 0. The molecule has 2 aromatic heterocycles. The van der Waals surface area contributed by atoms with Crippen molar-refractivity contribution >= 4 is 162 Å². The summed E-state index contributed by atoms with van der Waals surface area (Å²) in [6.07, 6.45) is 2.65. The van der Waals surface area contributed by atoms with Crippen molar-refractivity contribution in [2.75, 3.05) is 10.6 Å². The topological polar surface area (TPSA) is 184 Å². The van der Waals surface area contributed by atoms with Crippen molar-refractivity contribution in [2.45, 2.75) is 49.5 Å². The molecule has 12 nitrogen and oxygen atoms in total. The first kappa shape index (κ1) is 51.4. The van der Waals surface area contributed by atoms with Crippen molar-refractivity contribution in [3.63, 3.8) is 0 Å². The predicted molar refractivity (Wildman–Crippen MR) is 269 cm³/mol. The van der Waals surface area contributed by atoms with Crippen LogP contribution in [0, 0.1) is 0 Å². The fourth-order valence-corrected chi connectivity index (χ4v) is 10.9. The zero-order valence-corrected chi connectivity index (χ0v) is 38.0. The van der Waals surface area contributed by atoms with E-state index in [1.165, 1.54) is 83.5 Å². The average molecular weight is 1010 g/mol. The number of hydrogen-bond donors (Lipinski definition) is 4. The normalized spacial score (nSPS) is 11.4. The minimum atomic E-state index is -4.81. The van der Waals surface area contributed by atoms with Crippen LogP contribution in [0.1, 0.15) is 11.1 Å². The maximum absolute atomic E-state index is 12.8. The number of hydrogen-bond acceptors (Lipinski definition) is 14. The summed E-state index contributed by atoms with van der Waals surface area (Å²) in [6, 6.07) is 51.0. The molecule has 0 fully saturated rings. The van der Waals surface area contributed by atoms with Gasteiger partial charge >= 0.3 is 59.1 Å². The number of rotatable bonds is 16. The summed E-state index contributed by atoms with van der Waals surface area (Å²) in [7, 11) is -9.63. The van der Waals surface area contributed by atoms with Crippen LogP contribution in [0.15, 0.2) is 219 Å². The van der Waals surface area contributed by atoms with Crippen LogP contribution in [0.25, 0.3) is 12.2 Å². The second kappa shape index (κ2) is 23.9. The monoisotopic (exact) mass is 1010 g/mol. The van der Waals surface area contributed by atoms with Crippen molar-refractivity contribution in [2.24, 2.45) is 0 Å². The molecule has 324 valence electrons. The molecule has 4 N–H and O–H groups in total. The SMILES string of the molecule is O=S(=O)(O)c1cc(Nc2nc(Sc3ccccc3)cc(Sc3ccccc3)n2)ccc1/C=C/c1ccc(Nc2nc(Sc3ccccc3)cc(Sc3ccccc3)n2)cc1S(=O)(=O)O.[NaH].[NaH]. The fraction of sp³-hybridized carbons (Fsp3) is 0. The maximum atomic E-state index is 12.8. The van der Waals surface area contributed by atoms with E-state index in [1.807, 2.05) is 133 Å². The first-order valence-electron chi connectivity index (χ1n) is 19.0. The predicted octanol–water partition coefficient (Wildman–Crippen LogP) is 10.7. The van der Waals surface area contributed by atoms with Crippen LogP contribution in [-0.4, -0.2) is 105 Å². The van der Waals surface area contributed by atoms with Gasteiger partial charge in [0, 0.05) is 43.1 Å².